The maximum absolute atomic E-state index is 13.1. The highest BCUT2D eigenvalue weighted by Crippen LogP contribution is 2.13. The summed E-state index contributed by atoms with van der Waals surface area (Å²) in [5.41, 5.74) is 1.08. The van der Waals surface area contributed by atoms with Crippen LogP contribution in [0.25, 0.3) is 0 Å². The van der Waals surface area contributed by atoms with Gasteiger partial charge in [-0.15, -0.1) is 0 Å². The van der Waals surface area contributed by atoms with Crippen LogP contribution in [0.15, 0.2) is 30.4 Å². The third-order valence-corrected chi connectivity index (χ3v) is 2.75. The molecule has 0 radical (unpaired) electrons. The predicted octanol–water partition coefficient (Wildman–Crippen LogP) is 2.54. The third kappa shape index (κ3) is 2.13. The van der Waals surface area contributed by atoms with E-state index in [1.807, 2.05) is 6.08 Å². The molecule has 1 aromatic rings. The van der Waals surface area contributed by atoms with E-state index in [0.717, 1.165) is 13.0 Å². The largest absolute Gasteiger partial charge is 0.335 e. The molecule has 16 heavy (non-hydrogen) atoms. The highest BCUT2D eigenvalue weighted by atomic mass is 19.1. The van der Waals surface area contributed by atoms with Crippen molar-refractivity contribution in [1.29, 1.82) is 0 Å². The van der Waals surface area contributed by atoms with Crippen LogP contribution < -0.4 is 0 Å². The summed E-state index contributed by atoms with van der Waals surface area (Å²) >= 11 is 0. The lowest BCUT2D eigenvalue weighted by Gasteiger charge is -2.23. The molecule has 1 aliphatic heterocycles. The molecule has 0 atom stereocenters. The SMILES string of the molecule is Cc1cc(C(=O)N2CC=CCC2)ccc1F. The fourth-order valence-electron chi connectivity index (χ4n) is 1.79. The van der Waals surface area contributed by atoms with Crippen molar-refractivity contribution in [2.75, 3.05) is 13.1 Å². The van der Waals surface area contributed by atoms with Gasteiger partial charge in [-0.2, -0.15) is 0 Å². The van der Waals surface area contributed by atoms with Gasteiger partial charge in [-0.1, -0.05) is 12.2 Å². The summed E-state index contributed by atoms with van der Waals surface area (Å²) in [4.78, 5) is 13.8. The van der Waals surface area contributed by atoms with Gasteiger partial charge in [0, 0.05) is 18.7 Å². The second kappa shape index (κ2) is 4.47. The minimum absolute atomic E-state index is 0.0209. The number of rotatable bonds is 1. The summed E-state index contributed by atoms with van der Waals surface area (Å²) in [5, 5.41) is 0. The zero-order chi connectivity index (χ0) is 11.5. The second-order valence-corrected chi connectivity index (χ2v) is 3.98. The summed E-state index contributed by atoms with van der Waals surface area (Å²) in [5.74, 6) is -0.289. The molecule has 1 heterocycles. The molecular formula is C13H14FNO. The van der Waals surface area contributed by atoms with Gasteiger partial charge in [0.05, 0.1) is 0 Å². The molecule has 3 heteroatoms. The summed E-state index contributed by atoms with van der Waals surface area (Å²) in [6, 6.07) is 4.50. The first-order valence-corrected chi connectivity index (χ1v) is 5.39. The molecule has 0 unspecified atom stereocenters. The van der Waals surface area contributed by atoms with Gasteiger partial charge >= 0.3 is 0 Å². The van der Waals surface area contributed by atoms with Gasteiger partial charge in [-0.05, 0) is 37.1 Å². The first kappa shape index (κ1) is 10.9. The van der Waals surface area contributed by atoms with Gasteiger partial charge in [0.15, 0.2) is 0 Å². The molecule has 84 valence electrons. The van der Waals surface area contributed by atoms with Crippen LogP contribution in [0.5, 0.6) is 0 Å². The van der Waals surface area contributed by atoms with Crippen molar-refractivity contribution < 1.29 is 9.18 Å². The van der Waals surface area contributed by atoms with E-state index >= 15 is 0 Å². The average molecular weight is 219 g/mol. The Bertz CT molecular complexity index is 440. The van der Waals surface area contributed by atoms with E-state index in [9.17, 15) is 9.18 Å². The van der Waals surface area contributed by atoms with Gasteiger partial charge in [-0.25, -0.2) is 4.39 Å². The number of aryl methyl sites for hydroxylation is 1. The van der Waals surface area contributed by atoms with Crippen LogP contribution >= 0.6 is 0 Å². The predicted molar refractivity (Wildman–Crippen MR) is 60.8 cm³/mol. The number of hydrogen-bond acceptors (Lipinski definition) is 1. The van der Waals surface area contributed by atoms with E-state index in [1.54, 1.807) is 24.0 Å². The average Bonchev–Trinajstić information content (AvgIpc) is 2.33. The number of amides is 1. The second-order valence-electron chi connectivity index (χ2n) is 3.98. The molecular weight excluding hydrogens is 205 g/mol. The van der Waals surface area contributed by atoms with Crippen molar-refractivity contribution >= 4 is 5.91 Å². The lowest BCUT2D eigenvalue weighted by Crippen LogP contribution is -2.33. The van der Waals surface area contributed by atoms with Crippen LogP contribution in [0.1, 0.15) is 22.3 Å². The fraction of sp³-hybridized carbons (Fsp3) is 0.308. The molecule has 0 spiro atoms. The normalized spacial score (nSPS) is 15.2. The van der Waals surface area contributed by atoms with Crippen molar-refractivity contribution in [3.63, 3.8) is 0 Å². The summed E-state index contributed by atoms with van der Waals surface area (Å²) < 4.78 is 13.1. The van der Waals surface area contributed by atoms with Gasteiger partial charge in [-0.3, -0.25) is 4.79 Å². The molecule has 1 aliphatic rings. The minimum atomic E-state index is -0.268. The van der Waals surface area contributed by atoms with E-state index < -0.39 is 0 Å². The van der Waals surface area contributed by atoms with E-state index in [4.69, 9.17) is 0 Å². The van der Waals surface area contributed by atoms with Crippen molar-refractivity contribution in [3.05, 3.63) is 47.3 Å². The Morgan fingerprint density at radius 3 is 2.81 bits per heavy atom. The van der Waals surface area contributed by atoms with Crippen molar-refractivity contribution in [3.8, 4) is 0 Å². The van der Waals surface area contributed by atoms with Crippen LogP contribution in [0.2, 0.25) is 0 Å². The topological polar surface area (TPSA) is 20.3 Å². The number of benzene rings is 1. The Hall–Kier alpha value is -1.64. The Labute approximate surface area is 94.4 Å². The number of hydrogen-bond donors (Lipinski definition) is 0. The van der Waals surface area contributed by atoms with Crippen molar-refractivity contribution in [2.45, 2.75) is 13.3 Å². The molecule has 0 N–H and O–H groups in total. The number of carbonyl (C=O) groups excluding carboxylic acids is 1. The Balaban J connectivity index is 2.20. The van der Waals surface area contributed by atoms with Gasteiger partial charge in [0.25, 0.3) is 5.91 Å². The van der Waals surface area contributed by atoms with Gasteiger partial charge in [0.2, 0.25) is 0 Å². The van der Waals surface area contributed by atoms with Gasteiger partial charge < -0.3 is 4.90 Å². The Kier molecular flexibility index (Phi) is 3.04. The van der Waals surface area contributed by atoms with E-state index in [0.29, 0.717) is 17.7 Å². The standard InChI is InChI=1S/C13H14FNO/c1-10-9-11(5-6-12(10)14)13(16)15-7-3-2-4-8-15/h2-3,5-6,9H,4,7-8H2,1H3. The first-order valence-electron chi connectivity index (χ1n) is 5.39. The highest BCUT2D eigenvalue weighted by Gasteiger charge is 2.16. The first-order chi connectivity index (χ1) is 7.68. The summed E-state index contributed by atoms with van der Waals surface area (Å²) in [6.45, 7) is 3.06. The smallest absolute Gasteiger partial charge is 0.254 e. The molecule has 0 saturated heterocycles. The molecule has 0 saturated carbocycles. The van der Waals surface area contributed by atoms with Crippen LogP contribution in [0.3, 0.4) is 0 Å². The van der Waals surface area contributed by atoms with Crippen LogP contribution in [-0.2, 0) is 0 Å². The lowest BCUT2D eigenvalue weighted by atomic mass is 10.1. The molecule has 0 aliphatic carbocycles. The number of halogens is 1. The van der Waals surface area contributed by atoms with E-state index in [-0.39, 0.29) is 11.7 Å². The lowest BCUT2D eigenvalue weighted by molar-refractivity contribution is 0.0771. The molecule has 2 rings (SSSR count). The zero-order valence-corrected chi connectivity index (χ0v) is 9.24. The minimum Gasteiger partial charge on any atom is -0.335 e. The Morgan fingerprint density at radius 1 is 1.38 bits per heavy atom. The molecule has 2 nitrogen and oxygen atoms in total. The Morgan fingerprint density at radius 2 is 2.19 bits per heavy atom. The summed E-state index contributed by atoms with van der Waals surface area (Å²) in [6.07, 6.45) is 4.95. The number of nitrogens with zero attached hydrogens (tertiary/aromatic N) is 1. The maximum atomic E-state index is 13.1. The zero-order valence-electron chi connectivity index (χ0n) is 9.24. The quantitative estimate of drug-likeness (QED) is 0.665. The van der Waals surface area contributed by atoms with E-state index in [1.165, 1.54) is 6.07 Å². The highest BCUT2D eigenvalue weighted by molar-refractivity contribution is 5.94. The molecule has 0 bridgehead atoms. The number of carbonyl (C=O) groups is 1. The third-order valence-electron chi connectivity index (χ3n) is 2.75. The van der Waals surface area contributed by atoms with E-state index in [2.05, 4.69) is 6.08 Å². The van der Waals surface area contributed by atoms with Crippen LogP contribution in [0, 0.1) is 12.7 Å². The van der Waals surface area contributed by atoms with Crippen LogP contribution in [-0.4, -0.2) is 23.9 Å². The molecule has 1 amide bonds. The van der Waals surface area contributed by atoms with Gasteiger partial charge in [0.1, 0.15) is 5.82 Å². The summed E-state index contributed by atoms with van der Waals surface area (Å²) in [7, 11) is 0. The van der Waals surface area contributed by atoms with Crippen molar-refractivity contribution in [2.24, 2.45) is 0 Å². The maximum Gasteiger partial charge on any atom is 0.254 e. The molecule has 0 aromatic heterocycles. The van der Waals surface area contributed by atoms with Crippen LogP contribution in [0.4, 0.5) is 4.39 Å². The fourth-order valence-corrected chi connectivity index (χ4v) is 1.79. The molecule has 0 fully saturated rings. The molecule has 1 aromatic carbocycles. The van der Waals surface area contributed by atoms with Crippen molar-refractivity contribution in [1.82, 2.24) is 4.90 Å². The monoisotopic (exact) mass is 219 g/mol.